The summed E-state index contributed by atoms with van der Waals surface area (Å²) >= 11 is 0. The van der Waals surface area contributed by atoms with Gasteiger partial charge in [-0.2, -0.15) is 10.1 Å². The summed E-state index contributed by atoms with van der Waals surface area (Å²) in [6.07, 6.45) is 6.40. The van der Waals surface area contributed by atoms with Crippen LogP contribution < -0.4 is 0 Å². The minimum Gasteiger partial charge on any atom is -0.394 e. The maximum atomic E-state index is 9.15. The summed E-state index contributed by atoms with van der Waals surface area (Å²) in [5.74, 6) is 2.68. The van der Waals surface area contributed by atoms with Crippen molar-refractivity contribution in [2.45, 2.75) is 57.0 Å². The lowest BCUT2D eigenvalue weighted by Crippen LogP contribution is -2.35. The standard InChI is InChI=1S/C17H25N5O2/c1-12(17-19-16(20-24-17)14-2-3-14)21-8-5-13(6-9-21)15-4-7-18-22(15)10-11-23/h4,7,12-14,23H,2-3,5-6,8-11H2,1H3. The van der Waals surface area contributed by atoms with Gasteiger partial charge in [0.2, 0.25) is 5.89 Å². The molecule has 2 aromatic heterocycles. The van der Waals surface area contributed by atoms with Gasteiger partial charge in [-0.25, -0.2) is 0 Å². The Hall–Kier alpha value is -1.73. The average molecular weight is 331 g/mol. The first-order chi connectivity index (χ1) is 11.8. The fraction of sp³-hybridized carbons (Fsp3) is 0.706. The van der Waals surface area contributed by atoms with Gasteiger partial charge in [-0.15, -0.1) is 0 Å². The van der Waals surface area contributed by atoms with Crippen LogP contribution in [-0.2, 0) is 6.54 Å². The van der Waals surface area contributed by atoms with Crippen molar-refractivity contribution in [2.75, 3.05) is 19.7 Å². The molecule has 0 aromatic carbocycles. The smallest absolute Gasteiger partial charge is 0.243 e. The van der Waals surface area contributed by atoms with Crippen molar-refractivity contribution in [1.29, 1.82) is 0 Å². The van der Waals surface area contributed by atoms with Crippen LogP contribution in [0.25, 0.3) is 0 Å². The molecule has 1 saturated heterocycles. The molecule has 1 atom stereocenters. The van der Waals surface area contributed by atoms with Gasteiger partial charge in [-0.3, -0.25) is 9.58 Å². The highest BCUT2D eigenvalue weighted by atomic mass is 16.5. The highest BCUT2D eigenvalue weighted by molar-refractivity contribution is 5.10. The van der Waals surface area contributed by atoms with E-state index < -0.39 is 0 Å². The number of aromatic nitrogens is 4. The van der Waals surface area contributed by atoms with Crippen LogP contribution in [0.2, 0.25) is 0 Å². The molecule has 0 bridgehead atoms. The summed E-state index contributed by atoms with van der Waals surface area (Å²) in [5, 5.41) is 17.6. The van der Waals surface area contributed by atoms with E-state index in [9.17, 15) is 0 Å². The Labute approximate surface area is 141 Å². The summed E-state index contributed by atoms with van der Waals surface area (Å²) < 4.78 is 7.42. The monoisotopic (exact) mass is 331 g/mol. The number of likely N-dealkylation sites (tertiary alicyclic amines) is 1. The van der Waals surface area contributed by atoms with Gasteiger partial charge in [0, 0.05) is 23.7 Å². The van der Waals surface area contributed by atoms with E-state index >= 15 is 0 Å². The SMILES string of the molecule is CC(c1nc(C2CC2)no1)N1CCC(c2ccnn2CCO)CC1. The van der Waals surface area contributed by atoms with Crippen LogP contribution in [0.15, 0.2) is 16.8 Å². The summed E-state index contributed by atoms with van der Waals surface area (Å²) in [5.41, 5.74) is 1.24. The van der Waals surface area contributed by atoms with Crippen molar-refractivity contribution in [3.63, 3.8) is 0 Å². The van der Waals surface area contributed by atoms with Gasteiger partial charge < -0.3 is 9.63 Å². The molecule has 1 aliphatic carbocycles. The van der Waals surface area contributed by atoms with Gasteiger partial charge in [-0.05, 0) is 51.8 Å². The molecule has 0 amide bonds. The van der Waals surface area contributed by atoms with E-state index in [1.54, 1.807) is 0 Å². The Kier molecular flexibility index (Phi) is 4.37. The predicted octanol–water partition coefficient (Wildman–Crippen LogP) is 2.08. The molecule has 130 valence electrons. The van der Waals surface area contributed by atoms with Crippen LogP contribution >= 0.6 is 0 Å². The Balaban J connectivity index is 1.37. The first kappa shape index (κ1) is 15.8. The van der Waals surface area contributed by atoms with Crippen LogP contribution in [0.3, 0.4) is 0 Å². The number of hydrogen-bond donors (Lipinski definition) is 1. The lowest BCUT2D eigenvalue weighted by atomic mass is 9.92. The third-order valence-electron chi connectivity index (χ3n) is 5.31. The van der Waals surface area contributed by atoms with E-state index in [2.05, 4.69) is 33.1 Å². The minimum absolute atomic E-state index is 0.130. The lowest BCUT2D eigenvalue weighted by molar-refractivity contribution is 0.134. The van der Waals surface area contributed by atoms with Crippen molar-refractivity contribution in [2.24, 2.45) is 0 Å². The first-order valence-electron chi connectivity index (χ1n) is 8.96. The molecule has 7 nitrogen and oxygen atoms in total. The molecule has 1 unspecified atom stereocenters. The van der Waals surface area contributed by atoms with Crippen LogP contribution in [0.4, 0.5) is 0 Å². The van der Waals surface area contributed by atoms with Gasteiger partial charge in [0.1, 0.15) is 0 Å². The number of aliphatic hydroxyl groups excluding tert-OH is 1. The van der Waals surface area contributed by atoms with Crippen LogP contribution in [0, 0.1) is 0 Å². The summed E-state index contributed by atoms with van der Waals surface area (Å²) in [6.45, 7) is 4.88. The molecule has 1 saturated carbocycles. The minimum atomic E-state index is 0.130. The molecule has 4 rings (SSSR count). The molecule has 1 N–H and O–H groups in total. The van der Waals surface area contributed by atoms with E-state index in [0.29, 0.717) is 18.4 Å². The van der Waals surface area contributed by atoms with Crippen molar-refractivity contribution >= 4 is 0 Å². The molecule has 2 aromatic rings. The Morgan fingerprint density at radius 2 is 2.04 bits per heavy atom. The third kappa shape index (κ3) is 3.10. The highest BCUT2D eigenvalue weighted by Crippen LogP contribution is 2.39. The number of rotatable bonds is 6. The van der Waals surface area contributed by atoms with Gasteiger partial charge in [0.05, 0.1) is 19.2 Å². The van der Waals surface area contributed by atoms with Crippen molar-refractivity contribution in [3.8, 4) is 0 Å². The molecule has 7 heteroatoms. The number of nitrogens with zero attached hydrogens (tertiary/aromatic N) is 5. The Morgan fingerprint density at radius 3 is 2.75 bits per heavy atom. The number of aliphatic hydroxyl groups is 1. The zero-order valence-electron chi connectivity index (χ0n) is 14.1. The summed E-state index contributed by atoms with van der Waals surface area (Å²) in [7, 11) is 0. The van der Waals surface area contributed by atoms with E-state index in [4.69, 9.17) is 9.63 Å². The Bertz CT molecular complexity index is 670. The van der Waals surface area contributed by atoms with Gasteiger partial charge in [0.15, 0.2) is 5.82 Å². The normalized spacial score (nSPS) is 21.2. The second kappa shape index (κ2) is 6.64. The van der Waals surface area contributed by atoms with Crippen molar-refractivity contribution < 1.29 is 9.63 Å². The van der Waals surface area contributed by atoms with Crippen molar-refractivity contribution in [1.82, 2.24) is 24.8 Å². The molecular formula is C17H25N5O2. The summed E-state index contributed by atoms with van der Waals surface area (Å²) in [4.78, 5) is 7.02. The molecule has 24 heavy (non-hydrogen) atoms. The van der Waals surface area contributed by atoms with E-state index in [-0.39, 0.29) is 12.6 Å². The second-order valence-corrected chi connectivity index (χ2v) is 6.95. The molecular weight excluding hydrogens is 306 g/mol. The molecule has 1 aliphatic heterocycles. The van der Waals surface area contributed by atoms with Gasteiger partial charge in [0.25, 0.3) is 0 Å². The maximum Gasteiger partial charge on any atom is 0.243 e. The zero-order chi connectivity index (χ0) is 16.5. The van der Waals surface area contributed by atoms with E-state index in [1.165, 1.54) is 18.5 Å². The van der Waals surface area contributed by atoms with Crippen LogP contribution in [-0.4, -0.2) is 49.6 Å². The molecule has 2 aliphatic rings. The van der Waals surface area contributed by atoms with E-state index in [1.807, 2.05) is 10.9 Å². The molecule has 2 fully saturated rings. The number of hydrogen-bond acceptors (Lipinski definition) is 6. The molecule has 0 radical (unpaired) electrons. The van der Waals surface area contributed by atoms with Crippen LogP contribution in [0.5, 0.6) is 0 Å². The number of piperidine rings is 1. The maximum absolute atomic E-state index is 9.15. The lowest BCUT2D eigenvalue weighted by Gasteiger charge is -2.34. The Morgan fingerprint density at radius 1 is 1.25 bits per heavy atom. The van der Waals surface area contributed by atoms with Crippen LogP contribution in [0.1, 0.15) is 67.9 Å². The largest absolute Gasteiger partial charge is 0.394 e. The zero-order valence-corrected chi connectivity index (χ0v) is 14.1. The van der Waals surface area contributed by atoms with Gasteiger partial charge in [-0.1, -0.05) is 5.16 Å². The predicted molar refractivity (Wildman–Crippen MR) is 87.5 cm³/mol. The average Bonchev–Trinajstić information content (AvgIpc) is 3.16. The summed E-state index contributed by atoms with van der Waals surface area (Å²) in [6, 6.07) is 2.26. The molecule has 0 spiro atoms. The third-order valence-corrected chi connectivity index (χ3v) is 5.31. The fourth-order valence-corrected chi connectivity index (χ4v) is 3.63. The second-order valence-electron chi connectivity index (χ2n) is 6.95. The topological polar surface area (TPSA) is 80.2 Å². The van der Waals surface area contributed by atoms with Gasteiger partial charge >= 0.3 is 0 Å². The van der Waals surface area contributed by atoms with E-state index in [0.717, 1.165) is 37.6 Å². The molecule has 3 heterocycles. The quantitative estimate of drug-likeness (QED) is 0.873. The highest BCUT2D eigenvalue weighted by Gasteiger charge is 2.32. The van der Waals surface area contributed by atoms with Crippen molar-refractivity contribution in [3.05, 3.63) is 29.7 Å². The fourth-order valence-electron chi connectivity index (χ4n) is 3.63. The first-order valence-corrected chi connectivity index (χ1v) is 8.96.